The number of para-hydroxylation sites is 1. The maximum absolute atomic E-state index is 13.3. The molecule has 9 heteroatoms. The molecule has 2 atom stereocenters. The van der Waals surface area contributed by atoms with Crippen molar-refractivity contribution in [3.8, 4) is 0 Å². The fraction of sp³-hybridized carbons (Fsp3) is 0.417. The van der Waals surface area contributed by atoms with Crippen LogP contribution in [0, 0.1) is 11.1 Å². The van der Waals surface area contributed by atoms with Gasteiger partial charge >= 0.3 is 0 Å². The number of nitrogens with zero attached hydrogens (tertiary/aromatic N) is 4. The molecule has 4 heterocycles. The number of ether oxygens (including phenoxy) is 1. The van der Waals surface area contributed by atoms with Crippen LogP contribution < -0.4 is 10.8 Å². The molecule has 5 rings (SSSR count). The fourth-order valence-corrected chi connectivity index (χ4v) is 5.40. The molecule has 9 nitrogen and oxygen atoms in total. The maximum atomic E-state index is 13.3. The van der Waals surface area contributed by atoms with Gasteiger partial charge in [0.05, 0.1) is 13.0 Å². The minimum atomic E-state index is -0.483. The molecule has 0 radical (unpaired) electrons. The number of amides is 1. The quantitative estimate of drug-likeness (QED) is 0.577. The fourth-order valence-electron chi connectivity index (χ4n) is 5.40. The molecule has 1 fully saturated rings. The molecule has 1 N–H and O–H groups in total. The zero-order valence-corrected chi connectivity index (χ0v) is 18.5. The third-order valence-corrected chi connectivity index (χ3v) is 6.89. The Balaban J connectivity index is 1.37. The number of rotatable bonds is 6. The highest BCUT2D eigenvalue weighted by Gasteiger charge is 2.36. The minimum absolute atomic E-state index is 0.0324. The second kappa shape index (κ2) is 8.66. The van der Waals surface area contributed by atoms with Gasteiger partial charge in [-0.15, -0.1) is 0 Å². The van der Waals surface area contributed by atoms with Crippen molar-refractivity contribution in [1.82, 2.24) is 14.0 Å². The van der Waals surface area contributed by atoms with Crippen molar-refractivity contribution < 1.29 is 14.7 Å². The van der Waals surface area contributed by atoms with E-state index in [1.165, 1.54) is 6.07 Å². The van der Waals surface area contributed by atoms with E-state index >= 15 is 0 Å². The Kier molecular flexibility index (Phi) is 5.69. The van der Waals surface area contributed by atoms with Crippen LogP contribution >= 0.6 is 0 Å². The average molecular weight is 452 g/mol. The van der Waals surface area contributed by atoms with Crippen LogP contribution in [0.2, 0.25) is 0 Å². The normalized spacial score (nSPS) is 19.5. The van der Waals surface area contributed by atoms with E-state index in [0.717, 1.165) is 35.1 Å². The molecule has 1 saturated heterocycles. The Morgan fingerprint density at radius 3 is 2.82 bits per heavy atom. The van der Waals surface area contributed by atoms with Gasteiger partial charge in [-0.05, 0) is 36.1 Å². The van der Waals surface area contributed by atoms with E-state index in [0.29, 0.717) is 32.7 Å². The first kappa shape index (κ1) is 21.7. The van der Waals surface area contributed by atoms with Crippen molar-refractivity contribution in [3.63, 3.8) is 0 Å². The van der Waals surface area contributed by atoms with E-state index in [1.54, 1.807) is 17.7 Å². The number of pyridine rings is 1. The molecule has 2 bridgehead atoms. The van der Waals surface area contributed by atoms with Gasteiger partial charge in [0.1, 0.15) is 5.69 Å². The van der Waals surface area contributed by atoms with Gasteiger partial charge in [0.15, 0.2) is 0 Å². The van der Waals surface area contributed by atoms with Crippen molar-refractivity contribution >= 4 is 22.5 Å². The highest BCUT2D eigenvalue weighted by molar-refractivity contribution is 5.89. The summed E-state index contributed by atoms with van der Waals surface area (Å²) in [6.07, 6.45) is 3.27. The second-order valence-corrected chi connectivity index (χ2v) is 8.96. The molecule has 33 heavy (non-hydrogen) atoms. The van der Waals surface area contributed by atoms with E-state index in [2.05, 4.69) is 10.6 Å². The van der Waals surface area contributed by atoms with Crippen LogP contribution in [0.3, 0.4) is 0 Å². The summed E-state index contributed by atoms with van der Waals surface area (Å²) in [5, 5.41) is 21.2. The first-order chi connectivity index (χ1) is 16.0. The largest absolute Gasteiger partial charge is 0.733 e. The Morgan fingerprint density at radius 1 is 1.21 bits per heavy atom. The number of carbonyl (C=O) groups is 1. The lowest BCUT2D eigenvalue weighted by molar-refractivity contribution is -0.133. The summed E-state index contributed by atoms with van der Waals surface area (Å²) < 4.78 is 8.94. The van der Waals surface area contributed by atoms with Crippen molar-refractivity contribution in [2.75, 3.05) is 32.0 Å². The highest BCUT2D eigenvalue weighted by Crippen LogP contribution is 2.36. The monoisotopic (exact) mass is 451 g/mol. The molecule has 3 aromatic rings. The topological polar surface area (TPSA) is 103 Å². The highest BCUT2D eigenvalue weighted by atomic mass is 16.8. The predicted octanol–water partition coefficient (Wildman–Crippen LogP) is 2.33. The summed E-state index contributed by atoms with van der Waals surface area (Å²) in [5.41, 5.74) is 2.14. The summed E-state index contributed by atoms with van der Waals surface area (Å²) in [4.78, 5) is 27.9. The summed E-state index contributed by atoms with van der Waals surface area (Å²) >= 11 is 0. The maximum Gasteiger partial charge on any atom is 0.275 e. The molecule has 1 amide bonds. The molecule has 2 aromatic heterocycles. The van der Waals surface area contributed by atoms with Crippen LogP contribution in [0.1, 0.15) is 23.6 Å². The van der Waals surface area contributed by atoms with E-state index in [4.69, 9.17) is 4.74 Å². The Hall–Kier alpha value is -3.14. The summed E-state index contributed by atoms with van der Waals surface area (Å²) in [6.45, 7) is 2.88. The zero-order valence-electron chi connectivity index (χ0n) is 18.5. The molecular formula is C24H27N4O5-. The molecule has 174 valence electrons. The number of carbonyl (C=O) groups excluding carboxylic acids is 1. The zero-order chi connectivity index (χ0) is 23.1. The Labute approximate surface area is 190 Å². The first-order valence-electron chi connectivity index (χ1n) is 11.2. The Morgan fingerprint density at radius 2 is 2.03 bits per heavy atom. The third-order valence-electron chi connectivity index (χ3n) is 6.89. The molecule has 2 aliphatic rings. The molecule has 0 saturated carbocycles. The van der Waals surface area contributed by atoms with Crippen LogP contribution in [0.15, 0.2) is 47.4 Å². The number of hydrogen-bond acceptors (Lipinski definition) is 6. The third kappa shape index (κ3) is 3.92. The van der Waals surface area contributed by atoms with E-state index in [-0.39, 0.29) is 28.7 Å². The number of anilines is 1. The second-order valence-electron chi connectivity index (χ2n) is 8.96. The minimum Gasteiger partial charge on any atom is -0.733 e. The van der Waals surface area contributed by atoms with Crippen LogP contribution in [-0.2, 0) is 29.0 Å². The molecular weight excluding hydrogens is 424 g/mol. The van der Waals surface area contributed by atoms with Crippen LogP contribution in [0.5, 0.6) is 0 Å². The van der Waals surface area contributed by atoms with Crippen LogP contribution in [0.4, 0.5) is 5.69 Å². The van der Waals surface area contributed by atoms with Crippen LogP contribution in [0.25, 0.3) is 10.9 Å². The lowest BCUT2D eigenvalue weighted by atomic mass is 9.83. The molecule has 2 aliphatic heterocycles. The van der Waals surface area contributed by atoms with E-state index in [9.17, 15) is 20.0 Å². The smallest absolute Gasteiger partial charge is 0.275 e. The van der Waals surface area contributed by atoms with Crippen molar-refractivity contribution in [2.24, 2.45) is 5.92 Å². The predicted molar refractivity (Wildman–Crippen MR) is 123 cm³/mol. The summed E-state index contributed by atoms with van der Waals surface area (Å²) in [7, 11) is 1.68. The number of benzene rings is 1. The first-order valence-corrected chi connectivity index (χ1v) is 11.2. The number of methoxy groups -OCH3 is 1. The number of piperidine rings is 1. The average Bonchev–Trinajstić information content (AvgIpc) is 3.15. The molecule has 1 aromatic carbocycles. The van der Waals surface area contributed by atoms with Gasteiger partial charge in [0.2, 0.25) is 5.91 Å². The number of aromatic nitrogens is 2. The van der Waals surface area contributed by atoms with Gasteiger partial charge in [-0.2, -0.15) is 0 Å². The molecule has 2 unspecified atom stereocenters. The van der Waals surface area contributed by atoms with Gasteiger partial charge in [-0.25, -0.2) is 0 Å². The van der Waals surface area contributed by atoms with Crippen molar-refractivity contribution in [3.05, 3.63) is 69.4 Å². The number of likely N-dealkylation sites (tertiary alicyclic amines) is 1. The Bertz CT molecular complexity index is 1250. The van der Waals surface area contributed by atoms with Gasteiger partial charge in [-0.1, -0.05) is 18.2 Å². The van der Waals surface area contributed by atoms with Crippen molar-refractivity contribution in [1.29, 1.82) is 0 Å². The SMILES string of the molecule is COCCn1cc(CC(=O)N2CC3CC(C2)c2ccc(N([O-])O)c(=O)n2C3)c2ccccc21. The lowest BCUT2D eigenvalue weighted by Crippen LogP contribution is -2.49. The van der Waals surface area contributed by atoms with Crippen molar-refractivity contribution in [2.45, 2.75) is 31.8 Å². The van der Waals surface area contributed by atoms with Gasteiger partial charge < -0.3 is 29.2 Å². The standard InChI is InChI=1S/C24H27N4O5/c1-33-9-8-25-14-17(19-4-2-3-5-21(19)25)11-23(29)26-12-16-10-18(15-26)20-6-7-22(28(31)32)24(30)27(20)13-16/h2-7,14,16,18,31H,8-13,15H2,1H3/q-1. The molecule has 0 spiro atoms. The number of hydrogen-bond donors (Lipinski definition) is 1. The lowest BCUT2D eigenvalue weighted by Gasteiger charge is -2.43. The van der Waals surface area contributed by atoms with Crippen LogP contribution in [-0.4, -0.2) is 52.0 Å². The summed E-state index contributed by atoms with van der Waals surface area (Å²) in [5.74, 6) is 0.243. The van der Waals surface area contributed by atoms with Gasteiger partial charge in [-0.3, -0.25) is 14.8 Å². The van der Waals surface area contributed by atoms with Gasteiger partial charge in [0.25, 0.3) is 5.56 Å². The summed E-state index contributed by atoms with van der Waals surface area (Å²) in [6, 6.07) is 11.2. The van der Waals surface area contributed by atoms with E-state index in [1.807, 2.05) is 29.3 Å². The van der Waals surface area contributed by atoms with E-state index < -0.39 is 5.56 Å². The van der Waals surface area contributed by atoms with Gasteiger partial charge in [0, 0.05) is 62.0 Å². The number of fused-ring (bicyclic) bond motifs is 5. The molecule has 0 aliphatic carbocycles.